The Morgan fingerprint density at radius 3 is 2.36 bits per heavy atom. The average Bonchev–Trinajstić information content (AvgIpc) is 3.47. The number of ether oxygens (including phenoxy) is 4. The van der Waals surface area contributed by atoms with E-state index in [-0.39, 0.29) is 35.4 Å². The number of piperidine rings is 1. The molecule has 1 unspecified atom stereocenters. The van der Waals surface area contributed by atoms with Gasteiger partial charge in [-0.15, -0.1) is 0 Å². The maximum Gasteiger partial charge on any atom is 0.410 e. The Hall–Kier alpha value is -2.83. The lowest BCUT2D eigenvalue weighted by atomic mass is 9.88. The Bertz CT molecular complexity index is 1510. The topological polar surface area (TPSA) is 99.7 Å². The van der Waals surface area contributed by atoms with Gasteiger partial charge in [-0.2, -0.15) is 0 Å². The number of likely N-dealkylation sites (tertiary alicyclic amines) is 2. The van der Waals surface area contributed by atoms with Crippen LogP contribution in [0.15, 0.2) is 60.3 Å². The van der Waals surface area contributed by atoms with E-state index < -0.39 is 38.5 Å². The lowest BCUT2D eigenvalue weighted by molar-refractivity contribution is -0.222. The van der Waals surface area contributed by atoms with Crippen molar-refractivity contribution in [3.8, 4) is 0 Å². The zero-order valence-electron chi connectivity index (χ0n) is 37.8. The van der Waals surface area contributed by atoms with Crippen LogP contribution in [0.3, 0.4) is 0 Å². The van der Waals surface area contributed by atoms with Crippen molar-refractivity contribution in [2.24, 2.45) is 5.92 Å². The summed E-state index contributed by atoms with van der Waals surface area (Å²) in [5, 5.41) is -0.0690. The zero-order valence-corrected chi connectivity index (χ0v) is 38.8. The molecule has 2 saturated heterocycles. The number of nitrogens with zero attached hydrogens (tertiary/aromatic N) is 3. The van der Waals surface area contributed by atoms with Gasteiger partial charge in [-0.05, 0) is 121 Å². The first-order chi connectivity index (χ1) is 27.4. The largest absolute Gasteiger partial charge is 0.457 e. The van der Waals surface area contributed by atoms with Gasteiger partial charge in [-0.1, -0.05) is 77.8 Å². The van der Waals surface area contributed by atoms with Gasteiger partial charge in [-0.25, -0.2) is 4.79 Å². The Labute approximate surface area is 352 Å². The molecule has 3 aliphatic rings. The van der Waals surface area contributed by atoms with Crippen LogP contribution in [0.25, 0.3) is 0 Å². The van der Waals surface area contributed by atoms with E-state index in [1.54, 1.807) is 6.20 Å². The second-order valence-electron chi connectivity index (χ2n) is 18.7. The predicted octanol–water partition coefficient (Wildman–Crippen LogP) is 10.4. The molecule has 0 N–H and O–H groups in total. The fourth-order valence-corrected chi connectivity index (χ4v) is 9.55. The summed E-state index contributed by atoms with van der Waals surface area (Å²) in [6.07, 6.45) is 17.4. The fraction of sp³-hybridized carbons (Fsp3) is 0.723. The van der Waals surface area contributed by atoms with Gasteiger partial charge in [0.15, 0.2) is 20.7 Å². The summed E-state index contributed by atoms with van der Waals surface area (Å²) in [5.41, 5.74) is 0.893. The zero-order chi connectivity index (χ0) is 42.5. The van der Waals surface area contributed by atoms with Gasteiger partial charge >= 0.3 is 12.1 Å². The normalized spacial score (nSPS) is 28.5. The molecular weight excluding hydrogens is 747 g/mol. The number of carbonyl (C=O) groups is 2. The quantitative estimate of drug-likeness (QED) is 0.0671. The minimum atomic E-state index is -2.31. The van der Waals surface area contributed by atoms with E-state index in [0.717, 1.165) is 37.2 Å². The molecule has 0 bridgehead atoms. The molecule has 7 atom stereocenters. The van der Waals surface area contributed by atoms with Crippen molar-refractivity contribution in [1.29, 1.82) is 0 Å². The van der Waals surface area contributed by atoms with Crippen molar-refractivity contribution in [3.05, 3.63) is 66.0 Å². The third kappa shape index (κ3) is 14.1. The number of carbonyl (C=O) groups excluding carboxylic acids is 2. The van der Waals surface area contributed by atoms with E-state index in [1.165, 1.54) is 25.7 Å². The first kappa shape index (κ1) is 47.8. The van der Waals surface area contributed by atoms with E-state index in [4.69, 9.17) is 23.4 Å². The Balaban J connectivity index is 1.67. The lowest BCUT2D eigenvalue weighted by Crippen LogP contribution is -2.51. The molecule has 0 aromatic carbocycles. The van der Waals surface area contributed by atoms with Crippen LogP contribution in [0.1, 0.15) is 132 Å². The summed E-state index contributed by atoms with van der Waals surface area (Å²) in [7, 11) is -2.31. The molecule has 1 aromatic heterocycles. The summed E-state index contributed by atoms with van der Waals surface area (Å²) in [6, 6.07) is 6.43. The van der Waals surface area contributed by atoms with Crippen molar-refractivity contribution >= 4 is 20.4 Å². The van der Waals surface area contributed by atoms with E-state index in [1.807, 2.05) is 82.0 Å². The Kier molecular flexibility index (Phi) is 18.3. The van der Waals surface area contributed by atoms with Gasteiger partial charge in [0.2, 0.25) is 0 Å². The second kappa shape index (κ2) is 22.1. The van der Waals surface area contributed by atoms with Crippen LogP contribution >= 0.6 is 0 Å². The number of allylic oxidation sites excluding steroid dienone is 3. The standard InChI is InChI=1S/C47H77N3O7Si/c1-12-53-38(5)56-47(9)28-25-40(57-58(10,11)46(6,7)8)34-43(51)55-44(36(3)21-19-20-35(2)41-22-15-16-29-48-41)37(4)23-24-42(47)54-45(52)50-32-26-39(27-33-50)49-30-17-13-14-18-31-49/h15-16,19-24,29,35,37-40,42,44H,12-14,17-18,25-28,30-34H2,1-11H3/b20-19+,24-23+,36-21+/t35-,37+,38?,40-,42+,44-,47-/m1/s1. The predicted molar refractivity (Wildman–Crippen MR) is 235 cm³/mol. The highest BCUT2D eigenvalue weighted by Crippen LogP contribution is 2.40. The molecule has 10 nitrogen and oxygen atoms in total. The molecule has 1 aromatic rings. The van der Waals surface area contributed by atoms with Crippen molar-refractivity contribution in [3.63, 3.8) is 0 Å². The van der Waals surface area contributed by atoms with Crippen LogP contribution in [0, 0.1) is 5.92 Å². The first-order valence-corrected chi connectivity index (χ1v) is 25.1. The summed E-state index contributed by atoms with van der Waals surface area (Å²) >= 11 is 0. The molecule has 4 heterocycles. The second-order valence-corrected chi connectivity index (χ2v) is 23.4. The van der Waals surface area contributed by atoms with Crippen molar-refractivity contribution in [2.75, 3.05) is 32.8 Å². The summed E-state index contributed by atoms with van der Waals surface area (Å²) in [5.74, 6) is -0.438. The molecule has 0 aliphatic carbocycles. The SMILES string of the molecule is CCOC(C)O[C@]1(C)CC[C@@H](O[Si](C)(C)C(C)(C)C)CC(=O)O[C@H](/C(C)=C/C=C/[C@@H](C)c2ccccn2)[C@@H](C)/C=C/[C@@H]1OC(=O)N1CCC(N2CCCCCC2)CC1. The van der Waals surface area contributed by atoms with Gasteiger partial charge in [0, 0.05) is 49.5 Å². The van der Waals surface area contributed by atoms with E-state index >= 15 is 0 Å². The van der Waals surface area contributed by atoms with E-state index in [2.05, 4.69) is 56.7 Å². The monoisotopic (exact) mass is 824 g/mol. The molecule has 0 saturated carbocycles. The highest BCUT2D eigenvalue weighted by molar-refractivity contribution is 6.74. The van der Waals surface area contributed by atoms with Crippen LogP contribution in [0.5, 0.6) is 0 Å². The molecule has 3 aliphatic heterocycles. The van der Waals surface area contributed by atoms with Crippen molar-refractivity contribution in [1.82, 2.24) is 14.8 Å². The van der Waals surface area contributed by atoms with Gasteiger partial charge in [0.25, 0.3) is 0 Å². The van der Waals surface area contributed by atoms with Crippen LogP contribution in [0.4, 0.5) is 4.79 Å². The lowest BCUT2D eigenvalue weighted by Gasteiger charge is -2.42. The average molecular weight is 824 g/mol. The number of cyclic esters (lactones) is 1. The van der Waals surface area contributed by atoms with Gasteiger partial charge in [0.05, 0.1) is 12.5 Å². The molecule has 0 radical (unpaired) electrons. The maximum atomic E-state index is 14.2. The molecule has 2 fully saturated rings. The molecule has 11 heteroatoms. The Morgan fingerprint density at radius 2 is 1.74 bits per heavy atom. The highest BCUT2D eigenvalue weighted by Gasteiger charge is 2.44. The van der Waals surface area contributed by atoms with Crippen molar-refractivity contribution < 1.29 is 33.0 Å². The van der Waals surface area contributed by atoms with Crippen LogP contribution in [0.2, 0.25) is 18.1 Å². The molecule has 326 valence electrons. The number of pyridine rings is 1. The third-order valence-corrected chi connectivity index (χ3v) is 17.4. The summed E-state index contributed by atoms with van der Waals surface area (Å²) in [4.78, 5) is 37.1. The molecule has 0 spiro atoms. The van der Waals surface area contributed by atoms with E-state index in [9.17, 15) is 9.59 Å². The van der Waals surface area contributed by atoms with Gasteiger partial charge in [-0.3, -0.25) is 9.78 Å². The molecule has 58 heavy (non-hydrogen) atoms. The Morgan fingerprint density at radius 1 is 1.05 bits per heavy atom. The number of hydrogen-bond acceptors (Lipinski definition) is 9. The summed E-state index contributed by atoms with van der Waals surface area (Å²) < 4.78 is 32.6. The minimum absolute atomic E-state index is 0.0690. The molecule has 4 rings (SSSR count). The summed E-state index contributed by atoms with van der Waals surface area (Å²) in [6.45, 7) is 27.1. The van der Waals surface area contributed by atoms with Gasteiger partial charge in [0.1, 0.15) is 11.7 Å². The number of rotatable bonds is 12. The van der Waals surface area contributed by atoms with Crippen LogP contribution in [-0.2, 0) is 28.2 Å². The number of esters is 1. The number of amides is 1. The van der Waals surface area contributed by atoms with Gasteiger partial charge < -0.3 is 33.2 Å². The minimum Gasteiger partial charge on any atom is -0.457 e. The first-order valence-electron chi connectivity index (χ1n) is 22.2. The molecule has 1 amide bonds. The van der Waals surface area contributed by atoms with Crippen LogP contribution < -0.4 is 0 Å². The third-order valence-electron chi connectivity index (χ3n) is 12.9. The smallest absolute Gasteiger partial charge is 0.410 e. The van der Waals surface area contributed by atoms with Crippen LogP contribution in [-0.4, -0.2) is 104 Å². The number of aromatic nitrogens is 1. The van der Waals surface area contributed by atoms with E-state index in [0.29, 0.717) is 38.6 Å². The maximum absolute atomic E-state index is 14.2. The molecular formula is C47H77N3O7Si. The van der Waals surface area contributed by atoms with Crippen molar-refractivity contribution in [2.45, 2.75) is 180 Å². The highest BCUT2D eigenvalue weighted by atomic mass is 28.4. The fourth-order valence-electron chi connectivity index (χ4n) is 8.16. The number of hydrogen-bond donors (Lipinski definition) is 0.